The van der Waals surface area contributed by atoms with Gasteiger partial charge in [0.1, 0.15) is 5.78 Å². The molecule has 0 saturated heterocycles. The highest BCUT2D eigenvalue weighted by molar-refractivity contribution is 5.93. The van der Waals surface area contributed by atoms with Crippen molar-refractivity contribution in [2.24, 2.45) is 0 Å². The Hall–Kier alpha value is -1.96. The van der Waals surface area contributed by atoms with Gasteiger partial charge >= 0.3 is 0 Å². The molecule has 1 fully saturated rings. The summed E-state index contributed by atoms with van der Waals surface area (Å²) in [5.74, 6) is 0.902. The van der Waals surface area contributed by atoms with Crippen molar-refractivity contribution in [2.75, 3.05) is 0 Å². The van der Waals surface area contributed by atoms with Crippen LogP contribution in [0, 0.1) is 13.8 Å². The summed E-state index contributed by atoms with van der Waals surface area (Å²) < 4.78 is 0. The van der Waals surface area contributed by atoms with Crippen LogP contribution in [-0.2, 0) is 16.6 Å². The monoisotopic (exact) mass is 305 g/mol. The Bertz CT molecular complexity index is 803. The number of carbonyl (C=O) groups is 1. The number of benzene rings is 1. The van der Waals surface area contributed by atoms with Crippen LogP contribution in [0.4, 0.5) is 0 Å². The topological polar surface area (TPSA) is 30.0 Å². The average Bonchev–Trinajstić information content (AvgIpc) is 3.31. The smallest absolute Gasteiger partial charge is 0.144 e. The van der Waals surface area contributed by atoms with Crippen molar-refractivity contribution in [3.05, 3.63) is 64.0 Å². The van der Waals surface area contributed by atoms with Crippen LogP contribution in [0.5, 0.6) is 0 Å². The van der Waals surface area contributed by atoms with Crippen molar-refractivity contribution in [2.45, 2.75) is 57.8 Å². The number of carbonyl (C=O) groups excluding carboxylic acids is 1. The minimum atomic E-state index is -0.499. The van der Waals surface area contributed by atoms with Gasteiger partial charge in [0.2, 0.25) is 0 Å². The third kappa shape index (κ3) is 2.08. The number of fused-ring (bicyclic) bond motifs is 1. The fraction of sp³-hybridized carbons (Fsp3) is 0.429. The molecule has 1 heterocycles. The maximum absolute atomic E-state index is 12.8. The zero-order valence-electron chi connectivity index (χ0n) is 14.1. The van der Waals surface area contributed by atoms with Gasteiger partial charge in [0.15, 0.2) is 0 Å². The van der Waals surface area contributed by atoms with Crippen molar-refractivity contribution in [3.63, 3.8) is 0 Å². The van der Waals surface area contributed by atoms with Gasteiger partial charge in [-0.3, -0.25) is 9.78 Å². The first-order chi connectivity index (χ1) is 11.0. The molecule has 2 aliphatic rings. The van der Waals surface area contributed by atoms with Gasteiger partial charge in [-0.15, -0.1) is 0 Å². The third-order valence-electron chi connectivity index (χ3n) is 5.90. The lowest BCUT2D eigenvalue weighted by Crippen LogP contribution is -2.34. The zero-order valence-corrected chi connectivity index (χ0v) is 14.1. The van der Waals surface area contributed by atoms with E-state index in [1.54, 1.807) is 6.92 Å². The summed E-state index contributed by atoms with van der Waals surface area (Å²) in [4.78, 5) is 17.5. The van der Waals surface area contributed by atoms with Gasteiger partial charge in [-0.05, 0) is 80.3 Å². The summed E-state index contributed by atoms with van der Waals surface area (Å²) in [5.41, 5.74) is 6.86. The molecule has 0 aliphatic heterocycles. The van der Waals surface area contributed by atoms with Gasteiger partial charge in [-0.2, -0.15) is 0 Å². The Morgan fingerprint density at radius 1 is 1.22 bits per heavy atom. The van der Waals surface area contributed by atoms with Crippen LogP contribution in [0.15, 0.2) is 30.5 Å². The second-order valence-electron chi connectivity index (χ2n) is 7.25. The number of nitrogens with zero attached hydrogens (tertiary/aromatic N) is 1. The molecule has 1 aromatic carbocycles. The standard InChI is InChI=1S/C21H23NO/c1-13-5-4-6-18(14(13)2)21(15(3)23)10-9-17-11-20(16-7-8-16)22-12-19(17)21/h4-6,11-12,16H,7-10H2,1-3H3/t21-/m0/s1. The lowest BCUT2D eigenvalue weighted by molar-refractivity contribution is -0.121. The van der Waals surface area contributed by atoms with Gasteiger partial charge in [0.25, 0.3) is 0 Å². The zero-order chi connectivity index (χ0) is 16.2. The molecule has 2 aromatic rings. The fourth-order valence-corrected chi connectivity index (χ4v) is 4.21. The quantitative estimate of drug-likeness (QED) is 0.841. The lowest BCUT2D eigenvalue weighted by Gasteiger charge is -2.30. The summed E-state index contributed by atoms with van der Waals surface area (Å²) in [7, 11) is 0. The fourth-order valence-electron chi connectivity index (χ4n) is 4.21. The van der Waals surface area contributed by atoms with E-state index < -0.39 is 5.41 Å². The first-order valence-corrected chi connectivity index (χ1v) is 8.61. The van der Waals surface area contributed by atoms with Gasteiger partial charge in [0.05, 0.1) is 5.41 Å². The Morgan fingerprint density at radius 3 is 2.70 bits per heavy atom. The van der Waals surface area contributed by atoms with Crippen LogP contribution in [-0.4, -0.2) is 10.8 Å². The maximum Gasteiger partial charge on any atom is 0.144 e. The number of aryl methyl sites for hydroxylation is 2. The number of ketones is 1. The molecule has 2 aliphatic carbocycles. The number of rotatable bonds is 3. The molecule has 118 valence electrons. The van der Waals surface area contributed by atoms with Crippen LogP contribution in [0.25, 0.3) is 0 Å². The van der Waals surface area contributed by atoms with Crippen molar-refractivity contribution in [1.82, 2.24) is 4.98 Å². The second kappa shape index (κ2) is 5.02. The van der Waals surface area contributed by atoms with Crippen LogP contribution < -0.4 is 0 Å². The van der Waals surface area contributed by atoms with Crippen molar-refractivity contribution < 1.29 is 4.79 Å². The van der Waals surface area contributed by atoms with Crippen LogP contribution in [0.1, 0.15) is 65.6 Å². The Morgan fingerprint density at radius 2 is 2.00 bits per heavy atom. The molecule has 1 aromatic heterocycles. The highest BCUT2D eigenvalue weighted by Gasteiger charge is 2.46. The number of hydrogen-bond acceptors (Lipinski definition) is 2. The first kappa shape index (κ1) is 14.6. The number of aromatic nitrogens is 1. The third-order valence-corrected chi connectivity index (χ3v) is 5.90. The molecular weight excluding hydrogens is 282 g/mol. The predicted octanol–water partition coefficient (Wildman–Crippen LogP) is 4.40. The van der Waals surface area contributed by atoms with E-state index in [0.717, 1.165) is 18.4 Å². The Labute approximate surface area is 138 Å². The van der Waals surface area contributed by atoms with Crippen molar-refractivity contribution >= 4 is 5.78 Å². The highest BCUT2D eigenvalue weighted by atomic mass is 16.1. The van der Waals surface area contributed by atoms with Crippen molar-refractivity contribution in [1.29, 1.82) is 0 Å². The molecule has 1 saturated carbocycles. The summed E-state index contributed by atoms with van der Waals surface area (Å²) in [6.07, 6.45) is 6.38. The molecule has 4 rings (SSSR count). The van der Waals surface area contributed by atoms with E-state index >= 15 is 0 Å². The molecule has 0 amide bonds. The van der Waals surface area contributed by atoms with E-state index in [9.17, 15) is 4.79 Å². The minimum absolute atomic E-state index is 0.242. The molecule has 0 N–H and O–H groups in total. The number of hydrogen-bond donors (Lipinski definition) is 0. The average molecular weight is 305 g/mol. The van der Waals surface area contributed by atoms with E-state index in [1.165, 1.54) is 40.8 Å². The van der Waals surface area contributed by atoms with E-state index in [1.807, 2.05) is 6.20 Å². The van der Waals surface area contributed by atoms with Crippen LogP contribution in [0.2, 0.25) is 0 Å². The minimum Gasteiger partial charge on any atom is -0.299 e. The molecule has 0 radical (unpaired) electrons. The van der Waals surface area contributed by atoms with Gasteiger partial charge < -0.3 is 0 Å². The molecule has 1 atom stereocenters. The van der Waals surface area contributed by atoms with Crippen LogP contribution in [0.3, 0.4) is 0 Å². The van der Waals surface area contributed by atoms with E-state index in [0.29, 0.717) is 5.92 Å². The SMILES string of the molecule is CC(=O)[C@]1(c2cccc(C)c2C)CCc2cc(C3CC3)ncc21. The van der Waals surface area contributed by atoms with Gasteiger partial charge in [-0.1, -0.05) is 18.2 Å². The summed E-state index contributed by atoms with van der Waals surface area (Å²) in [6, 6.07) is 8.60. The molecule has 23 heavy (non-hydrogen) atoms. The normalized spacial score (nSPS) is 22.9. The Balaban J connectivity index is 1.91. The van der Waals surface area contributed by atoms with Gasteiger partial charge in [0, 0.05) is 17.8 Å². The Kier molecular flexibility index (Phi) is 3.19. The van der Waals surface area contributed by atoms with E-state index in [-0.39, 0.29) is 5.78 Å². The lowest BCUT2D eigenvalue weighted by atomic mass is 9.71. The van der Waals surface area contributed by atoms with Gasteiger partial charge in [-0.25, -0.2) is 0 Å². The second-order valence-corrected chi connectivity index (χ2v) is 7.25. The summed E-state index contributed by atoms with van der Waals surface area (Å²) >= 11 is 0. The first-order valence-electron chi connectivity index (χ1n) is 8.61. The largest absolute Gasteiger partial charge is 0.299 e. The highest BCUT2D eigenvalue weighted by Crippen LogP contribution is 2.48. The van der Waals surface area contributed by atoms with Crippen molar-refractivity contribution in [3.8, 4) is 0 Å². The molecule has 0 unspecified atom stereocenters. The van der Waals surface area contributed by atoms with E-state index in [2.05, 4.69) is 38.1 Å². The summed E-state index contributed by atoms with van der Waals surface area (Å²) in [5, 5.41) is 0. The molecule has 2 heteroatoms. The summed E-state index contributed by atoms with van der Waals surface area (Å²) in [6.45, 7) is 6.00. The molecule has 0 spiro atoms. The molecule has 2 nitrogen and oxygen atoms in total. The molecular formula is C21H23NO. The van der Waals surface area contributed by atoms with Crippen LogP contribution >= 0.6 is 0 Å². The predicted molar refractivity (Wildman–Crippen MR) is 91.9 cm³/mol. The maximum atomic E-state index is 12.8. The number of pyridine rings is 1. The molecule has 0 bridgehead atoms. The number of Topliss-reactive ketones (excluding diaryl/α,β-unsaturated/α-hetero) is 1. The van der Waals surface area contributed by atoms with E-state index in [4.69, 9.17) is 4.98 Å².